The third-order valence-corrected chi connectivity index (χ3v) is 3.60. The number of nitrogens with zero attached hydrogens (tertiary/aromatic N) is 2. The van der Waals surface area contributed by atoms with Gasteiger partial charge in [0.15, 0.2) is 5.96 Å². The van der Waals surface area contributed by atoms with Gasteiger partial charge in [-0.05, 0) is 18.9 Å². The number of ether oxygens (including phenoxy) is 1. The highest BCUT2D eigenvalue weighted by Gasteiger charge is 2.15. The highest BCUT2D eigenvalue weighted by molar-refractivity contribution is 14.0. The predicted octanol–water partition coefficient (Wildman–Crippen LogP) is 2.57. The molecule has 0 bridgehead atoms. The Bertz CT molecular complexity index is 545. The van der Waals surface area contributed by atoms with Crippen molar-refractivity contribution in [3.05, 3.63) is 33.9 Å². The average molecular weight is 420 g/mol. The van der Waals surface area contributed by atoms with E-state index in [1.54, 1.807) is 6.07 Å². The van der Waals surface area contributed by atoms with E-state index in [0.29, 0.717) is 23.3 Å². The molecule has 0 aliphatic heterocycles. The van der Waals surface area contributed by atoms with Crippen molar-refractivity contribution in [2.75, 3.05) is 7.11 Å². The fourth-order valence-corrected chi connectivity index (χ4v) is 2.50. The van der Waals surface area contributed by atoms with Crippen molar-refractivity contribution in [1.82, 2.24) is 5.32 Å². The summed E-state index contributed by atoms with van der Waals surface area (Å²) in [4.78, 5) is 14.6. The zero-order chi connectivity index (χ0) is 15.2. The van der Waals surface area contributed by atoms with E-state index in [4.69, 9.17) is 10.5 Å². The molecule has 1 saturated carbocycles. The molecule has 122 valence electrons. The van der Waals surface area contributed by atoms with E-state index < -0.39 is 4.92 Å². The topological polar surface area (TPSA) is 103 Å². The van der Waals surface area contributed by atoms with Gasteiger partial charge in [0.05, 0.1) is 18.6 Å². The maximum atomic E-state index is 10.8. The zero-order valence-corrected chi connectivity index (χ0v) is 14.8. The number of benzene rings is 1. The summed E-state index contributed by atoms with van der Waals surface area (Å²) in [5, 5.41) is 14.0. The minimum Gasteiger partial charge on any atom is -0.496 e. The van der Waals surface area contributed by atoms with E-state index >= 15 is 0 Å². The fraction of sp³-hybridized carbons (Fsp3) is 0.500. The maximum Gasteiger partial charge on any atom is 0.270 e. The van der Waals surface area contributed by atoms with E-state index in [1.807, 2.05) is 0 Å². The quantitative estimate of drug-likeness (QED) is 0.251. The first-order valence-corrected chi connectivity index (χ1v) is 6.98. The molecule has 1 aliphatic carbocycles. The van der Waals surface area contributed by atoms with Crippen LogP contribution in [-0.2, 0) is 6.54 Å². The van der Waals surface area contributed by atoms with Crippen molar-refractivity contribution < 1.29 is 9.66 Å². The van der Waals surface area contributed by atoms with Crippen molar-refractivity contribution in [1.29, 1.82) is 0 Å². The van der Waals surface area contributed by atoms with E-state index in [2.05, 4.69) is 10.3 Å². The van der Waals surface area contributed by atoms with Crippen LogP contribution >= 0.6 is 24.0 Å². The number of guanidine groups is 1. The summed E-state index contributed by atoms with van der Waals surface area (Å²) in [6, 6.07) is 4.83. The number of nitrogens with one attached hydrogen (secondary N) is 1. The van der Waals surface area contributed by atoms with Gasteiger partial charge in [-0.2, -0.15) is 0 Å². The largest absolute Gasteiger partial charge is 0.496 e. The van der Waals surface area contributed by atoms with Crippen molar-refractivity contribution in [2.45, 2.75) is 38.3 Å². The number of halogens is 1. The van der Waals surface area contributed by atoms with Crippen LogP contribution in [0.4, 0.5) is 5.69 Å². The lowest BCUT2D eigenvalue weighted by molar-refractivity contribution is -0.384. The predicted molar refractivity (Wildman–Crippen MR) is 95.8 cm³/mol. The minimum absolute atomic E-state index is 0. The first-order chi connectivity index (χ1) is 10.1. The van der Waals surface area contributed by atoms with Crippen LogP contribution in [0, 0.1) is 10.1 Å². The van der Waals surface area contributed by atoms with Crippen LogP contribution in [0.25, 0.3) is 0 Å². The smallest absolute Gasteiger partial charge is 0.270 e. The standard InChI is InChI=1S/C14H20N4O3.HI/c1-21-13-7-6-12(18(19)20)8-10(13)9-16-14(15)17-11-4-2-3-5-11;/h6-8,11H,2-5,9H2,1H3,(H3,15,16,17);1H. The highest BCUT2D eigenvalue weighted by Crippen LogP contribution is 2.24. The molecule has 3 N–H and O–H groups in total. The molecule has 0 aromatic heterocycles. The monoisotopic (exact) mass is 420 g/mol. The second kappa shape index (κ2) is 8.76. The number of hydrogen-bond donors (Lipinski definition) is 2. The molecule has 1 aromatic carbocycles. The summed E-state index contributed by atoms with van der Waals surface area (Å²) in [6.07, 6.45) is 4.64. The van der Waals surface area contributed by atoms with Gasteiger partial charge in [-0.1, -0.05) is 12.8 Å². The molecule has 0 atom stereocenters. The van der Waals surface area contributed by atoms with Gasteiger partial charge in [0.1, 0.15) is 5.75 Å². The fourth-order valence-electron chi connectivity index (χ4n) is 2.50. The molecule has 0 radical (unpaired) electrons. The Kier molecular flexibility index (Phi) is 7.36. The molecule has 1 aromatic rings. The van der Waals surface area contributed by atoms with Crippen LogP contribution in [0.15, 0.2) is 23.2 Å². The van der Waals surface area contributed by atoms with Crippen LogP contribution in [0.2, 0.25) is 0 Å². The van der Waals surface area contributed by atoms with Gasteiger partial charge in [-0.3, -0.25) is 10.1 Å². The average Bonchev–Trinajstić information content (AvgIpc) is 2.97. The van der Waals surface area contributed by atoms with Crippen molar-refractivity contribution >= 4 is 35.6 Å². The van der Waals surface area contributed by atoms with Crippen LogP contribution in [0.1, 0.15) is 31.2 Å². The summed E-state index contributed by atoms with van der Waals surface area (Å²) in [5.41, 5.74) is 6.51. The number of nitrogens with two attached hydrogens (primary N) is 1. The normalized spacial score (nSPS) is 15.2. The lowest BCUT2D eigenvalue weighted by Crippen LogP contribution is -2.38. The third kappa shape index (κ3) is 5.00. The first-order valence-electron chi connectivity index (χ1n) is 6.98. The number of nitro benzene ring substituents is 1. The molecule has 22 heavy (non-hydrogen) atoms. The molecule has 1 fully saturated rings. The van der Waals surface area contributed by atoms with Gasteiger partial charge < -0.3 is 15.8 Å². The van der Waals surface area contributed by atoms with E-state index in [9.17, 15) is 10.1 Å². The molecular weight excluding hydrogens is 399 g/mol. The maximum absolute atomic E-state index is 10.8. The second-order valence-electron chi connectivity index (χ2n) is 5.08. The molecule has 0 spiro atoms. The van der Waals surface area contributed by atoms with Crippen molar-refractivity contribution in [3.8, 4) is 5.75 Å². The highest BCUT2D eigenvalue weighted by atomic mass is 127. The molecule has 7 nitrogen and oxygen atoms in total. The Labute approximate surface area is 146 Å². The number of nitro groups is 1. The number of hydrogen-bond acceptors (Lipinski definition) is 4. The van der Waals surface area contributed by atoms with Crippen LogP contribution in [-0.4, -0.2) is 24.0 Å². The van der Waals surface area contributed by atoms with Crippen LogP contribution in [0.5, 0.6) is 5.75 Å². The molecule has 1 aliphatic rings. The molecule has 2 rings (SSSR count). The number of non-ortho nitro benzene ring substituents is 1. The molecular formula is C14H21IN4O3. The third-order valence-electron chi connectivity index (χ3n) is 3.60. The summed E-state index contributed by atoms with van der Waals surface area (Å²) in [6.45, 7) is 0.246. The number of rotatable bonds is 5. The van der Waals surface area contributed by atoms with Gasteiger partial charge in [-0.25, -0.2) is 4.99 Å². The van der Waals surface area contributed by atoms with Crippen molar-refractivity contribution in [2.24, 2.45) is 10.7 Å². The minimum atomic E-state index is -0.438. The number of aliphatic imine (C=N–C) groups is 1. The Balaban J connectivity index is 0.00000242. The lowest BCUT2D eigenvalue weighted by Gasteiger charge is -2.12. The molecule has 0 unspecified atom stereocenters. The Hall–Kier alpha value is -1.58. The van der Waals surface area contributed by atoms with Gasteiger partial charge >= 0.3 is 0 Å². The summed E-state index contributed by atoms with van der Waals surface area (Å²) < 4.78 is 5.19. The Morgan fingerprint density at radius 2 is 2.18 bits per heavy atom. The Morgan fingerprint density at radius 3 is 2.77 bits per heavy atom. The van der Waals surface area contributed by atoms with E-state index in [0.717, 1.165) is 12.8 Å². The van der Waals surface area contributed by atoms with Crippen LogP contribution in [0.3, 0.4) is 0 Å². The van der Waals surface area contributed by atoms with E-state index in [-0.39, 0.29) is 36.2 Å². The van der Waals surface area contributed by atoms with E-state index in [1.165, 1.54) is 32.1 Å². The summed E-state index contributed by atoms with van der Waals surface area (Å²) in [7, 11) is 1.52. The van der Waals surface area contributed by atoms with Gasteiger partial charge in [0, 0.05) is 23.7 Å². The van der Waals surface area contributed by atoms with Gasteiger partial charge in [0.25, 0.3) is 5.69 Å². The SMILES string of the molecule is COc1ccc([N+](=O)[O-])cc1CN=C(N)NC1CCCC1.I. The molecule has 0 saturated heterocycles. The molecule has 0 amide bonds. The van der Waals surface area contributed by atoms with Gasteiger partial charge in [0.2, 0.25) is 0 Å². The van der Waals surface area contributed by atoms with Crippen LogP contribution < -0.4 is 15.8 Å². The summed E-state index contributed by atoms with van der Waals surface area (Å²) in [5.74, 6) is 0.938. The summed E-state index contributed by atoms with van der Waals surface area (Å²) >= 11 is 0. The Morgan fingerprint density at radius 1 is 1.50 bits per heavy atom. The first kappa shape index (κ1) is 18.5. The number of methoxy groups -OCH3 is 1. The molecule has 8 heteroatoms. The zero-order valence-electron chi connectivity index (χ0n) is 12.4. The van der Waals surface area contributed by atoms with Crippen molar-refractivity contribution in [3.63, 3.8) is 0 Å². The molecule has 0 heterocycles. The van der Waals surface area contributed by atoms with Gasteiger partial charge in [-0.15, -0.1) is 24.0 Å². The second-order valence-corrected chi connectivity index (χ2v) is 5.08. The lowest BCUT2D eigenvalue weighted by atomic mass is 10.2.